The molecule has 2 N–H and O–H groups in total. The van der Waals surface area contributed by atoms with Crippen LogP contribution in [0.4, 0.5) is 5.69 Å². The van der Waals surface area contributed by atoms with Crippen molar-refractivity contribution in [1.29, 1.82) is 5.26 Å². The first-order valence-corrected chi connectivity index (χ1v) is 6.20. The minimum atomic E-state index is 0.411. The molecule has 0 aliphatic carbocycles. The van der Waals surface area contributed by atoms with Gasteiger partial charge in [0.2, 0.25) is 0 Å². The van der Waals surface area contributed by atoms with Crippen molar-refractivity contribution in [1.82, 2.24) is 0 Å². The van der Waals surface area contributed by atoms with Crippen LogP contribution in [0.3, 0.4) is 0 Å². The van der Waals surface area contributed by atoms with Crippen molar-refractivity contribution in [3.8, 4) is 17.6 Å². The van der Waals surface area contributed by atoms with Crippen molar-refractivity contribution in [2.24, 2.45) is 0 Å². The lowest BCUT2D eigenvalue weighted by molar-refractivity contribution is 0.485. The normalized spacial score (nSPS) is 9.83. The van der Waals surface area contributed by atoms with E-state index in [1.165, 1.54) is 0 Å². The molecule has 2 rings (SSSR count). The average molecular weight is 324 g/mol. The monoisotopic (exact) mass is 322 g/mol. The summed E-state index contributed by atoms with van der Waals surface area (Å²) < 4.78 is 6.47. The first-order chi connectivity index (χ1) is 8.60. The van der Waals surface area contributed by atoms with E-state index in [1.54, 1.807) is 30.3 Å². The van der Waals surface area contributed by atoms with Gasteiger partial charge in [0.1, 0.15) is 5.75 Å². The Labute approximate surface area is 118 Å². The zero-order valence-electron chi connectivity index (χ0n) is 9.15. The molecule has 0 spiro atoms. The summed E-state index contributed by atoms with van der Waals surface area (Å²) in [6.07, 6.45) is 0. The third-order valence-corrected chi connectivity index (χ3v) is 3.06. The number of rotatable bonds is 2. The Morgan fingerprint density at radius 2 is 1.94 bits per heavy atom. The smallest absolute Gasteiger partial charge is 0.151 e. The fourth-order valence-corrected chi connectivity index (χ4v) is 1.86. The topological polar surface area (TPSA) is 59.0 Å². The van der Waals surface area contributed by atoms with E-state index in [9.17, 15) is 0 Å². The molecule has 90 valence electrons. The van der Waals surface area contributed by atoms with Gasteiger partial charge in [0.15, 0.2) is 5.75 Å². The summed E-state index contributed by atoms with van der Waals surface area (Å²) in [4.78, 5) is 0. The Morgan fingerprint density at radius 1 is 1.17 bits per heavy atom. The Morgan fingerprint density at radius 3 is 2.67 bits per heavy atom. The van der Waals surface area contributed by atoms with E-state index in [4.69, 9.17) is 27.3 Å². The second kappa shape index (κ2) is 5.30. The summed E-state index contributed by atoms with van der Waals surface area (Å²) >= 11 is 9.35. The Hall–Kier alpha value is -1.70. The van der Waals surface area contributed by atoms with Crippen LogP contribution in [-0.2, 0) is 0 Å². The van der Waals surface area contributed by atoms with Gasteiger partial charge in [0.25, 0.3) is 0 Å². The Bertz CT molecular complexity index is 637. The molecule has 0 saturated heterocycles. The van der Waals surface area contributed by atoms with Gasteiger partial charge in [-0.3, -0.25) is 0 Å². The number of halogens is 2. The fraction of sp³-hybridized carbons (Fsp3) is 0. The highest BCUT2D eigenvalue weighted by Gasteiger charge is 2.07. The number of nitrogen functional groups attached to an aromatic ring is 1. The molecule has 5 heteroatoms. The van der Waals surface area contributed by atoms with Gasteiger partial charge in [0, 0.05) is 10.5 Å². The molecule has 3 nitrogen and oxygen atoms in total. The maximum atomic E-state index is 8.84. The van der Waals surface area contributed by atoms with Crippen LogP contribution in [0.25, 0.3) is 0 Å². The largest absolute Gasteiger partial charge is 0.454 e. The molecule has 0 bridgehead atoms. The molecular formula is C13H8BrClN2O. The minimum Gasteiger partial charge on any atom is -0.454 e. The molecule has 0 aromatic heterocycles. The highest BCUT2D eigenvalue weighted by Crippen LogP contribution is 2.34. The van der Waals surface area contributed by atoms with Crippen molar-refractivity contribution in [2.75, 3.05) is 5.73 Å². The first-order valence-electron chi connectivity index (χ1n) is 5.02. The number of hydrogen-bond acceptors (Lipinski definition) is 3. The quantitative estimate of drug-likeness (QED) is 0.836. The highest BCUT2D eigenvalue weighted by molar-refractivity contribution is 9.10. The Balaban J connectivity index is 2.39. The number of hydrogen-bond donors (Lipinski definition) is 1. The van der Waals surface area contributed by atoms with Crippen molar-refractivity contribution >= 4 is 33.2 Å². The van der Waals surface area contributed by atoms with Crippen molar-refractivity contribution in [3.63, 3.8) is 0 Å². The lowest BCUT2D eigenvalue weighted by Crippen LogP contribution is -1.93. The average Bonchev–Trinajstić information content (AvgIpc) is 2.36. The number of benzene rings is 2. The SMILES string of the molecule is N#Cc1ccc(N)c(Oc2cc(Br)ccc2Cl)c1. The predicted octanol–water partition coefficient (Wildman–Crippen LogP) is 4.35. The Kier molecular flexibility index (Phi) is 3.75. The maximum absolute atomic E-state index is 8.84. The number of nitrogens with two attached hydrogens (primary N) is 1. The molecule has 0 aliphatic heterocycles. The molecule has 0 aliphatic rings. The van der Waals surface area contributed by atoms with Crippen molar-refractivity contribution in [2.45, 2.75) is 0 Å². The zero-order valence-corrected chi connectivity index (χ0v) is 11.5. The van der Waals surface area contributed by atoms with Crippen LogP contribution < -0.4 is 10.5 Å². The minimum absolute atomic E-state index is 0.411. The number of nitriles is 1. The van der Waals surface area contributed by atoms with Crippen LogP contribution >= 0.6 is 27.5 Å². The second-order valence-electron chi connectivity index (χ2n) is 3.54. The van der Waals surface area contributed by atoms with Gasteiger partial charge < -0.3 is 10.5 Å². The van der Waals surface area contributed by atoms with Gasteiger partial charge in [-0.15, -0.1) is 0 Å². The molecule has 0 unspecified atom stereocenters. The summed E-state index contributed by atoms with van der Waals surface area (Å²) in [6, 6.07) is 12.1. The van der Waals surface area contributed by atoms with Crippen LogP contribution in [0.1, 0.15) is 5.56 Å². The number of anilines is 1. The van der Waals surface area contributed by atoms with E-state index >= 15 is 0 Å². The number of nitrogens with zero attached hydrogens (tertiary/aromatic N) is 1. The first kappa shape index (κ1) is 12.7. The molecule has 18 heavy (non-hydrogen) atoms. The second-order valence-corrected chi connectivity index (χ2v) is 4.86. The summed E-state index contributed by atoms with van der Waals surface area (Å²) in [6.45, 7) is 0. The van der Waals surface area contributed by atoms with Crippen LogP contribution in [0, 0.1) is 11.3 Å². The van der Waals surface area contributed by atoms with Crippen LogP contribution in [0.5, 0.6) is 11.5 Å². The van der Waals surface area contributed by atoms with Crippen LogP contribution in [-0.4, -0.2) is 0 Å². The molecule has 0 heterocycles. The van der Waals surface area contributed by atoms with E-state index in [-0.39, 0.29) is 0 Å². The fourth-order valence-electron chi connectivity index (χ4n) is 1.37. The molecule has 0 atom stereocenters. The summed E-state index contributed by atoms with van der Waals surface area (Å²) in [5.74, 6) is 0.891. The summed E-state index contributed by atoms with van der Waals surface area (Å²) in [5.41, 5.74) is 6.72. The van der Waals surface area contributed by atoms with E-state index < -0.39 is 0 Å². The van der Waals surface area contributed by atoms with Gasteiger partial charge in [0.05, 0.1) is 22.3 Å². The zero-order chi connectivity index (χ0) is 13.1. The lowest BCUT2D eigenvalue weighted by atomic mass is 10.2. The standard InChI is InChI=1S/C13H8BrClN2O/c14-9-2-3-10(15)12(6-9)18-13-5-8(7-16)1-4-11(13)17/h1-6H,17H2. The predicted molar refractivity (Wildman–Crippen MR) is 74.8 cm³/mol. The molecule has 0 radical (unpaired) electrons. The highest BCUT2D eigenvalue weighted by atomic mass is 79.9. The van der Waals surface area contributed by atoms with Gasteiger partial charge in [-0.05, 0) is 30.3 Å². The van der Waals surface area contributed by atoms with E-state index in [1.807, 2.05) is 12.1 Å². The van der Waals surface area contributed by atoms with E-state index in [0.29, 0.717) is 27.8 Å². The lowest BCUT2D eigenvalue weighted by Gasteiger charge is -2.10. The molecule has 0 fully saturated rings. The third-order valence-electron chi connectivity index (χ3n) is 2.26. The van der Waals surface area contributed by atoms with E-state index in [0.717, 1.165) is 4.47 Å². The van der Waals surface area contributed by atoms with Crippen molar-refractivity contribution < 1.29 is 4.74 Å². The van der Waals surface area contributed by atoms with Gasteiger partial charge >= 0.3 is 0 Å². The maximum Gasteiger partial charge on any atom is 0.151 e. The molecule has 0 amide bonds. The summed E-state index contributed by atoms with van der Waals surface area (Å²) in [5, 5.41) is 9.31. The summed E-state index contributed by atoms with van der Waals surface area (Å²) in [7, 11) is 0. The van der Waals surface area contributed by atoms with Gasteiger partial charge in [-0.25, -0.2) is 0 Å². The molecule has 0 saturated carbocycles. The van der Waals surface area contributed by atoms with Crippen LogP contribution in [0.2, 0.25) is 5.02 Å². The van der Waals surface area contributed by atoms with Gasteiger partial charge in [-0.2, -0.15) is 5.26 Å². The van der Waals surface area contributed by atoms with E-state index in [2.05, 4.69) is 15.9 Å². The number of ether oxygens (including phenoxy) is 1. The third kappa shape index (κ3) is 2.76. The van der Waals surface area contributed by atoms with Crippen LogP contribution in [0.15, 0.2) is 40.9 Å². The molecule has 2 aromatic rings. The van der Waals surface area contributed by atoms with Crippen molar-refractivity contribution in [3.05, 3.63) is 51.5 Å². The molecule has 2 aromatic carbocycles. The molecular weight excluding hydrogens is 316 g/mol. The van der Waals surface area contributed by atoms with Gasteiger partial charge in [-0.1, -0.05) is 27.5 Å².